The van der Waals surface area contributed by atoms with Crippen LogP contribution in [0.3, 0.4) is 0 Å². The minimum absolute atomic E-state index is 0.0896. The number of aliphatic hydroxyl groups is 1. The highest BCUT2D eigenvalue weighted by molar-refractivity contribution is 5.44. The first kappa shape index (κ1) is 9.93. The van der Waals surface area contributed by atoms with E-state index in [4.69, 9.17) is 14.2 Å². The normalized spacial score (nSPS) is 20.6. The molecule has 0 saturated carbocycles. The van der Waals surface area contributed by atoms with E-state index in [9.17, 15) is 5.11 Å². The summed E-state index contributed by atoms with van der Waals surface area (Å²) >= 11 is 0. The van der Waals surface area contributed by atoms with E-state index >= 15 is 0 Å². The Bertz CT molecular complexity index is 392. The summed E-state index contributed by atoms with van der Waals surface area (Å²) in [6.45, 7) is 1.74. The van der Waals surface area contributed by atoms with E-state index in [0.717, 1.165) is 23.5 Å². The van der Waals surface area contributed by atoms with Gasteiger partial charge in [-0.25, -0.2) is 0 Å². The van der Waals surface area contributed by atoms with Crippen LogP contribution < -0.4 is 9.47 Å². The summed E-state index contributed by atoms with van der Waals surface area (Å²) in [4.78, 5) is 0. The Hall–Kier alpha value is -1.26. The predicted octanol–water partition coefficient (Wildman–Crippen LogP) is 0.967. The predicted molar refractivity (Wildman–Crippen MR) is 56.6 cm³/mol. The molecule has 1 aromatic carbocycles. The molecule has 0 aromatic heterocycles. The number of benzene rings is 1. The third-order valence-corrected chi connectivity index (χ3v) is 3.17. The molecular formula is C12H14O4. The molecule has 2 aliphatic rings. The molecule has 4 heteroatoms. The zero-order valence-electron chi connectivity index (χ0n) is 8.94. The highest BCUT2D eigenvalue weighted by Crippen LogP contribution is 2.36. The monoisotopic (exact) mass is 222 g/mol. The average Bonchev–Trinajstić information content (AvgIpc) is 2.70. The fraction of sp³-hybridized carbons (Fsp3) is 0.500. The van der Waals surface area contributed by atoms with Crippen molar-refractivity contribution in [1.82, 2.24) is 0 Å². The second kappa shape index (κ2) is 3.64. The smallest absolute Gasteiger partial charge is 0.231 e. The minimum Gasteiger partial charge on any atom is -0.454 e. The Kier molecular flexibility index (Phi) is 2.26. The molecule has 4 nitrogen and oxygen atoms in total. The summed E-state index contributed by atoms with van der Waals surface area (Å²) in [7, 11) is 0. The van der Waals surface area contributed by atoms with Gasteiger partial charge >= 0.3 is 0 Å². The summed E-state index contributed by atoms with van der Waals surface area (Å²) in [5, 5.41) is 9.36. The molecule has 0 atom stereocenters. The Morgan fingerprint density at radius 1 is 1.19 bits per heavy atom. The summed E-state index contributed by atoms with van der Waals surface area (Å²) < 4.78 is 15.8. The van der Waals surface area contributed by atoms with E-state index in [1.165, 1.54) is 0 Å². The minimum atomic E-state index is -0.0896. The zero-order chi connectivity index (χ0) is 11.0. The SMILES string of the molecule is OCC1(Cc2ccc3c(c2)OCO3)COC1. The van der Waals surface area contributed by atoms with Crippen molar-refractivity contribution in [3.8, 4) is 11.5 Å². The zero-order valence-corrected chi connectivity index (χ0v) is 8.94. The largest absolute Gasteiger partial charge is 0.454 e. The molecule has 1 fully saturated rings. The number of hydrogen-bond donors (Lipinski definition) is 1. The number of aliphatic hydroxyl groups excluding tert-OH is 1. The van der Waals surface area contributed by atoms with Crippen molar-refractivity contribution in [1.29, 1.82) is 0 Å². The van der Waals surface area contributed by atoms with Crippen molar-refractivity contribution in [2.75, 3.05) is 26.6 Å². The lowest BCUT2D eigenvalue weighted by atomic mass is 9.80. The third kappa shape index (κ3) is 1.54. The lowest BCUT2D eigenvalue weighted by Gasteiger charge is -2.40. The fourth-order valence-corrected chi connectivity index (χ4v) is 2.12. The molecule has 1 aromatic rings. The van der Waals surface area contributed by atoms with Crippen LogP contribution in [0.5, 0.6) is 11.5 Å². The Labute approximate surface area is 93.7 Å². The van der Waals surface area contributed by atoms with Gasteiger partial charge in [0.05, 0.1) is 19.8 Å². The number of fused-ring (bicyclic) bond motifs is 1. The van der Waals surface area contributed by atoms with Gasteiger partial charge in [0.25, 0.3) is 0 Å². The second-order valence-corrected chi connectivity index (χ2v) is 4.52. The van der Waals surface area contributed by atoms with E-state index in [2.05, 4.69) is 0 Å². The van der Waals surface area contributed by atoms with Gasteiger partial charge in [0.1, 0.15) is 0 Å². The van der Waals surface area contributed by atoms with Crippen molar-refractivity contribution in [3.63, 3.8) is 0 Å². The Balaban J connectivity index is 1.80. The topological polar surface area (TPSA) is 47.9 Å². The van der Waals surface area contributed by atoms with Gasteiger partial charge < -0.3 is 19.3 Å². The molecule has 0 aliphatic carbocycles. The molecule has 1 N–H and O–H groups in total. The van der Waals surface area contributed by atoms with Crippen molar-refractivity contribution in [2.45, 2.75) is 6.42 Å². The van der Waals surface area contributed by atoms with E-state index in [0.29, 0.717) is 20.0 Å². The lowest BCUT2D eigenvalue weighted by molar-refractivity contribution is -0.136. The molecule has 16 heavy (non-hydrogen) atoms. The van der Waals surface area contributed by atoms with Crippen molar-refractivity contribution in [3.05, 3.63) is 23.8 Å². The van der Waals surface area contributed by atoms with Crippen molar-refractivity contribution in [2.24, 2.45) is 5.41 Å². The fourth-order valence-electron chi connectivity index (χ4n) is 2.12. The maximum Gasteiger partial charge on any atom is 0.231 e. The molecule has 0 spiro atoms. The summed E-state index contributed by atoms with van der Waals surface area (Å²) in [6, 6.07) is 5.92. The summed E-state index contributed by atoms with van der Waals surface area (Å²) in [5.41, 5.74) is 1.06. The second-order valence-electron chi connectivity index (χ2n) is 4.52. The van der Waals surface area contributed by atoms with Crippen molar-refractivity contribution >= 4 is 0 Å². The number of ether oxygens (including phenoxy) is 3. The van der Waals surface area contributed by atoms with Gasteiger partial charge in [-0.1, -0.05) is 6.07 Å². The third-order valence-electron chi connectivity index (χ3n) is 3.17. The van der Waals surface area contributed by atoms with Crippen LogP contribution in [0.15, 0.2) is 18.2 Å². The van der Waals surface area contributed by atoms with Crippen LogP contribution >= 0.6 is 0 Å². The van der Waals surface area contributed by atoms with Crippen LogP contribution in [0.25, 0.3) is 0 Å². The van der Waals surface area contributed by atoms with Crippen LogP contribution in [0, 0.1) is 5.41 Å². The van der Waals surface area contributed by atoms with Crippen LogP contribution in [0.2, 0.25) is 0 Å². The van der Waals surface area contributed by atoms with Gasteiger partial charge in [0, 0.05) is 5.41 Å². The van der Waals surface area contributed by atoms with E-state index in [1.807, 2.05) is 18.2 Å². The first-order valence-electron chi connectivity index (χ1n) is 5.38. The lowest BCUT2D eigenvalue weighted by Crippen LogP contribution is -2.47. The molecular weight excluding hydrogens is 208 g/mol. The average molecular weight is 222 g/mol. The standard InChI is InChI=1S/C12H14O4/c13-5-12(6-14-7-12)4-9-1-2-10-11(3-9)16-8-15-10/h1-3,13H,4-8H2. The first-order valence-corrected chi connectivity index (χ1v) is 5.38. The molecule has 1 saturated heterocycles. The van der Waals surface area contributed by atoms with Crippen LogP contribution in [-0.4, -0.2) is 31.7 Å². The van der Waals surface area contributed by atoms with Gasteiger partial charge in [0.15, 0.2) is 11.5 Å². The van der Waals surface area contributed by atoms with Gasteiger partial charge in [-0.05, 0) is 24.1 Å². The van der Waals surface area contributed by atoms with E-state index in [1.54, 1.807) is 0 Å². The van der Waals surface area contributed by atoms with Gasteiger partial charge in [-0.3, -0.25) is 0 Å². The van der Waals surface area contributed by atoms with Crippen molar-refractivity contribution < 1.29 is 19.3 Å². The number of hydrogen-bond acceptors (Lipinski definition) is 4. The van der Waals surface area contributed by atoms with Gasteiger partial charge in [-0.15, -0.1) is 0 Å². The highest BCUT2D eigenvalue weighted by Gasteiger charge is 2.38. The highest BCUT2D eigenvalue weighted by atomic mass is 16.7. The number of rotatable bonds is 3. The van der Waals surface area contributed by atoms with E-state index < -0.39 is 0 Å². The molecule has 0 bridgehead atoms. The summed E-state index contributed by atoms with van der Waals surface area (Å²) in [6.07, 6.45) is 0.820. The maximum atomic E-state index is 9.36. The van der Waals surface area contributed by atoms with Crippen LogP contribution in [0.4, 0.5) is 0 Å². The summed E-state index contributed by atoms with van der Waals surface area (Å²) in [5.74, 6) is 1.59. The first-order chi connectivity index (χ1) is 7.81. The Morgan fingerprint density at radius 2 is 2.00 bits per heavy atom. The molecule has 2 aliphatic heterocycles. The maximum absolute atomic E-state index is 9.36. The Morgan fingerprint density at radius 3 is 2.69 bits per heavy atom. The van der Waals surface area contributed by atoms with Gasteiger partial charge in [0.2, 0.25) is 6.79 Å². The molecule has 3 rings (SSSR count). The quantitative estimate of drug-likeness (QED) is 0.827. The van der Waals surface area contributed by atoms with Crippen LogP contribution in [0.1, 0.15) is 5.56 Å². The molecule has 0 radical (unpaired) electrons. The van der Waals surface area contributed by atoms with Gasteiger partial charge in [-0.2, -0.15) is 0 Å². The molecule has 0 unspecified atom stereocenters. The van der Waals surface area contributed by atoms with E-state index in [-0.39, 0.29) is 12.0 Å². The molecule has 2 heterocycles. The molecule has 0 amide bonds. The molecule has 86 valence electrons. The van der Waals surface area contributed by atoms with Crippen LogP contribution in [-0.2, 0) is 11.2 Å².